The second kappa shape index (κ2) is 6.53. The van der Waals surface area contributed by atoms with E-state index in [0.29, 0.717) is 13.2 Å². The number of rotatable bonds is 5. The van der Waals surface area contributed by atoms with Gasteiger partial charge >= 0.3 is 0 Å². The van der Waals surface area contributed by atoms with E-state index in [9.17, 15) is 5.11 Å². The molecule has 0 amide bonds. The highest BCUT2D eigenvalue weighted by molar-refractivity contribution is 5.38. The van der Waals surface area contributed by atoms with Crippen LogP contribution < -0.4 is 0 Å². The molecule has 0 radical (unpaired) electrons. The lowest BCUT2D eigenvalue weighted by molar-refractivity contribution is 0.0257. The second-order valence-corrected chi connectivity index (χ2v) is 6.71. The van der Waals surface area contributed by atoms with E-state index in [4.69, 9.17) is 4.74 Å². The molecular weight excluding hydrogens is 236 g/mol. The molecule has 1 atom stereocenters. The van der Waals surface area contributed by atoms with Crippen LogP contribution in [-0.4, -0.2) is 18.3 Å². The number of aryl methyl sites for hydroxylation is 3. The Morgan fingerprint density at radius 2 is 1.63 bits per heavy atom. The number of hydrogen-bond donors (Lipinski definition) is 1. The molecule has 0 fully saturated rings. The van der Waals surface area contributed by atoms with Crippen molar-refractivity contribution < 1.29 is 9.84 Å². The fourth-order valence-corrected chi connectivity index (χ4v) is 2.37. The summed E-state index contributed by atoms with van der Waals surface area (Å²) < 4.78 is 5.62. The van der Waals surface area contributed by atoms with E-state index >= 15 is 0 Å². The summed E-state index contributed by atoms with van der Waals surface area (Å²) in [4.78, 5) is 0. The van der Waals surface area contributed by atoms with Crippen molar-refractivity contribution >= 4 is 0 Å². The van der Waals surface area contributed by atoms with Gasteiger partial charge in [-0.05, 0) is 49.3 Å². The zero-order chi connectivity index (χ0) is 14.6. The summed E-state index contributed by atoms with van der Waals surface area (Å²) in [6, 6.07) is 4.22. The fraction of sp³-hybridized carbons (Fsp3) is 0.647. The van der Waals surface area contributed by atoms with Crippen molar-refractivity contribution in [2.24, 2.45) is 5.41 Å². The topological polar surface area (TPSA) is 29.5 Å². The highest BCUT2D eigenvalue weighted by Gasteiger charge is 2.15. The molecular formula is C17H28O2. The average molecular weight is 264 g/mol. The molecule has 1 N–H and O–H groups in total. The third-order valence-corrected chi connectivity index (χ3v) is 3.34. The summed E-state index contributed by atoms with van der Waals surface area (Å²) in [5.41, 5.74) is 4.82. The van der Waals surface area contributed by atoms with Gasteiger partial charge in [0.1, 0.15) is 6.10 Å². The van der Waals surface area contributed by atoms with Crippen molar-refractivity contribution in [2.45, 2.75) is 54.1 Å². The third-order valence-electron chi connectivity index (χ3n) is 3.34. The minimum absolute atomic E-state index is 0.278. The Hall–Kier alpha value is -0.860. The number of aliphatic hydroxyl groups is 1. The summed E-state index contributed by atoms with van der Waals surface area (Å²) in [6.45, 7) is 13.8. The zero-order valence-corrected chi connectivity index (χ0v) is 13.2. The summed E-state index contributed by atoms with van der Waals surface area (Å²) >= 11 is 0. The molecule has 2 heteroatoms. The Bertz CT molecular complexity index is 393. The molecule has 108 valence electrons. The summed E-state index contributed by atoms with van der Waals surface area (Å²) in [6.07, 6.45) is 0.478. The minimum atomic E-state index is -0.527. The quantitative estimate of drug-likeness (QED) is 0.811. The van der Waals surface area contributed by atoms with Gasteiger partial charge in [0.05, 0.1) is 6.61 Å². The van der Waals surface area contributed by atoms with Gasteiger partial charge in [0.15, 0.2) is 0 Å². The van der Waals surface area contributed by atoms with Crippen LogP contribution in [0.2, 0.25) is 0 Å². The monoisotopic (exact) mass is 264 g/mol. The normalized spacial score (nSPS) is 13.6. The van der Waals surface area contributed by atoms with Gasteiger partial charge in [0, 0.05) is 6.61 Å². The molecule has 0 aliphatic carbocycles. The highest BCUT2D eigenvalue weighted by atomic mass is 16.5. The largest absolute Gasteiger partial charge is 0.386 e. The van der Waals surface area contributed by atoms with Crippen molar-refractivity contribution in [3.05, 3.63) is 34.4 Å². The van der Waals surface area contributed by atoms with E-state index in [1.807, 2.05) is 13.8 Å². The first kappa shape index (κ1) is 16.2. The summed E-state index contributed by atoms with van der Waals surface area (Å²) in [7, 11) is 0. The lowest BCUT2D eigenvalue weighted by Gasteiger charge is -2.20. The first-order valence-corrected chi connectivity index (χ1v) is 7.04. The third kappa shape index (κ3) is 5.33. The Balaban J connectivity index is 2.57. The molecule has 1 rings (SSSR count). The van der Waals surface area contributed by atoms with E-state index in [-0.39, 0.29) is 5.41 Å². The molecule has 0 saturated carbocycles. The highest BCUT2D eigenvalue weighted by Crippen LogP contribution is 2.24. The van der Waals surface area contributed by atoms with Crippen molar-refractivity contribution in [3.8, 4) is 0 Å². The first-order chi connectivity index (χ1) is 8.70. The molecule has 0 aliphatic heterocycles. The summed E-state index contributed by atoms with van der Waals surface area (Å²) in [5.74, 6) is 0. The Morgan fingerprint density at radius 1 is 1.11 bits per heavy atom. The van der Waals surface area contributed by atoms with Crippen LogP contribution in [-0.2, 0) is 4.74 Å². The lowest BCUT2D eigenvalue weighted by atomic mass is 9.93. The summed E-state index contributed by atoms with van der Waals surface area (Å²) in [5, 5.41) is 10.3. The van der Waals surface area contributed by atoms with E-state index in [1.54, 1.807) is 0 Å². The van der Waals surface area contributed by atoms with Gasteiger partial charge in [-0.25, -0.2) is 0 Å². The number of benzene rings is 1. The molecule has 1 unspecified atom stereocenters. The predicted octanol–water partition coefficient (Wildman–Crippen LogP) is 4.10. The molecule has 19 heavy (non-hydrogen) atoms. The molecule has 2 nitrogen and oxygen atoms in total. The SMILES string of the molecule is Cc1cc(C)c(C(O)COCCC(C)(C)C)c(C)c1. The smallest absolute Gasteiger partial charge is 0.103 e. The molecule has 0 aromatic heterocycles. The van der Waals surface area contributed by atoms with E-state index < -0.39 is 6.10 Å². The standard InChI is InChI=1S/C17H28O2/c1-12-9-13(2)16(14(3)10-12)15(18)11-19-8-7-17(4,5)6/h9-10,15,18H,7-8,11H2,1-6H3. The molecule has 0 saturated heterocycles. The van der Waals surface area contributed by atoms with Crippen LogP contribution in [0.25, 0.3) is 0 Å². The zero-order valence-electron chi connectivity index (χ0n) is 13.2. The Kier molecular flexibility index (Phi) is 5.57. The predicted molar refractivity (Wildman–Crippen MR) is 80.5 cm³/mol. The van der Waals surface area contributed by atoms with Crippen LogP contribution in [0, 0.1) is 26.2 Å². The van der Waals surface area contributed by atoms with Crippen molar-refractivity contribution in [2.75, 3.05) is 13.2 Å². The van der Waals surface area contributed by atoms with Crippen LogP contribution in [0.1, 0.15) is 55.5 Å². The maximum atomic E-state index is 10.3. The molecule has 1 aromatic carbocycles. The van der Waals surface area contributed by atoms with E-state index in [2.05, 4.69) is 39.8 Å². The van der Waals surface area contributed by atoms with Crippen molar-refractivity contribution in [1.82, 2.24) is 0 Å². The maximum Gasteiger partial charge on any atom is 0.103 e. The van der Waals surface area contributed by atoms with Gasteiger partial charge in [0.25, 0.3) is 0 Å². The van der Waals surface area contributed by atoms with Gasteiger partial charge in [0.2, 0.25) is 0 Å². The van der Waals surface area contributed by atoms with E-state index in [1.165, 1.54) is 5.56 Å². The van der Waals surface area contributed by atoms with Gasteiger partial charge < -0.3 is 9.84 Å². The molecule has 0 heterocycles. The minimum Gasteiger partial charge on any atom is -0.386 e. The van der Waals surface area contributed by atoms with Crippen LogP contribution >= 0.6 is 0 Å². The van der Waals surface area contributed by atoms with Crippen molar-refractivity contribution in [3.63, 3.8) is 0 Å². The van der Waals surface area contributed by atoms with Crippen molar-refractivity contribution in [1.29, 1.82) is 0 Å². The first-order valence-electron chi connectivity index (χ1n) is 7.04. The molecule has 0 spiro atoms. The van der Waals surface area contributed by atoms with Crippen LogP contribution in [0.3, 0.4) is 0 Å². The van der Waals surface area contributed by atoms with Crippen LogP contribution in [0.4, 0.5) is 0 Å². The maximum absolute atomic E-state index is 10.3. The Labute approximate surface area is 117 Å². The average Bonchev–Trinajstić information content (AvgIpc) is 2.21. The number of aliphatic hydroxyl groups excluding tert-OH is 1. The van der Waals surface area contributed by atoms with Crippen LogP contribution in [0.15, 0.2) is 12.1 Å². The molecule has 0 aliphatic rings. The van der Waals surface area contributed by atoms with Gasteiger partial charge in [-0.15, -0.1) is 0 Å². The van der Waals surface area contributed by atoms with Crippen LogP contribution in [0.5, 0.6) is 0 Å². The van der Waals surface area contributed by atoms with Gasteiger partial charge in [-0.3, -0.25) is 0 Å². The molecule has 1 aromatic rings. The van der Waals surface area contributed by atoms with E-state index in [0.717, 1.165) is 23.1 Å². The second-order valence-electron chi connectivity index (χ2n) is 6.71. The fourth-order valence-electron chi connectivity index (χ4n) is 2.37. The van der Waals surface area contributed by atoms with Gasteiger partial charge in [-0.1, -0.05) is 38.5 Å². The number of hydrogen-bond acceptors (Lipinski definition) is 2. The lowest BCUT2D eigenvalue weighted by Crippen LogP contribution is -2.14. The number of ether oxygens (including phenoxy) is 1. The van der Waals surface area contributed by atoms with Gasteiger partial charge in [-0.2, -0.15) is 0 Å². The molecule has 0 bridgehead atoms. The Morgan fingerprint density at radius 3 is 2.11 bits per heavy atom.